The standard InChI is InChI=1S/C9H14N2O8S/c12-3-4(13)5(14)6(15)7(16)8(17)20(18,19)9-10-1-2-11-9/h1-2,4-7,12-16H,3H2,(H,10,11)/t4-,5-,6+,7-/m1/s1. The summed E-state index contributed by atoms with van der Waals surface area (Å²) in [7, 11) is -4.68. The molecule has 0 radical (unpaired) electrons. The van der Waals surface area contributed by atoms with Crippen molar-refractivity contribution in [3.8, 4) is 0 Å². The second-order valence-corrected chi connectivity index (χ2v) is 5.69. The molecule has 1 aromatic heterocycles. The van der Waals surface area contributed by atoms with E-state index in [9.17, 15) is 28.5 Å². The third kappa shape index (κ3) is 3.20. The molecule has 1 rings (SSSR count). The van der Waals surface area contributed by atoms with Crippen LogP contribution in [0.4, 0.5) is 0 Å². The van der Waals surface area contributed by atoms with Crippen molar-refractivity contribution in [3.05, 3.63) is 12.4 Å². The summed E-state index contributed by atoms with van der Waals surface area (Å²) in [6.45, 7) is -0.954. The average Bonchev–Trinajstić information content (AvgIpc) is 2.97. The normalized spacial score (nSPS) is 18.2. The predicted octanol–water partition coefficient (Wildman–Crippen LogP) is -3.85. The van der Waals surface area contributed by atoms with Crippen molar-refractivity contribution in [2.75, 3.05) is 6.61 Å². The molecule has 0 bridgehead atoms. The van der Waals surface area contributed by atoms with Gasteiger partial charge in [0.15, 0.2) is 6.10 Å². The number of hydrogen-bond acceptors (Lipinski definition) is 9. The summed E-state index contributed by atoms with van der Waals surface area (Å²) >= 11 is 0. The molecular weight excluding hydrogens is 296 g/mol. The third-order valence-electron chi connectivity index (χ3n) is 2.49. The molecule has 0 saturated heterocycles. The van der Waals surface area contributed by atoms with Gasteiger partial charge in [-0.15, -0.1) is 0 Å². The van der Waals surface area contributed by atoms with E-state index in [1.54, 1.807) is 0 Å². The minimum Gasteiger partial charge on any atom is -0.394 e. The Kier molecular flexibility index (Phi) is 5.33. The molecule has 0 unspecified atom stereocenters. The fourth-order valence-corrected chi connectivity index (χ4v) is 2.38. The van der Waals surface area contributed by atoms with Crippen LogP contribution in [0.5, 0.6) is 0 Å². The van der Waals surface area contributed by atoms with Gasteiger partial charge in [-0.05, 0) is 0 Å². The SMILES string of the molecule is O=C([C@H](O)[C@@H](O)[C@H](O)[C@H](O)CO)S(=O)(=O)c1ncc[nH]1. The molecular formula is C9H14N2O8S. The fourth-order valence-electron chi connectivity index (χ4n) is 1.31. The molecule has 114 valence electrons. The minimum atomic E-state index is -4.68. The highest BCUT2D eigenvalue weighted by molar-refractivity contribution is 8.06. The molecule has 0 spiro atoms. The fraction of sp³-hybridized carbons (Fsp3) is 0.556. The Hall–Kier alpha value is -1.37. The molecule has 0 amide bonds. The predicted molar refractivity (Wildman–Crippen MR) is 61.9 cm³/mol. The number of hydrogen-bond donors (Lipinski definition) is 6. The van der Waals surface area contributed by atoms with E-state index < -0.39 is 51.1 Å². The van der Waals surface area contributed by atoms with Gasteiger partial charge in [-0.1, -0.05) is 0 Å². The quantitative estimate of drug-likeness (QED) is 0.306. The van der Waals surface area contributed by atoms with E-state index in [1.165, 1.54) is 0 Å². The molecule has 1 aromatic rings. The van der Waals surface area contributed by atoms with Gasteiger partial charge in [0.2, 0.25) is 5.16 Å². The first kappa shape index (κ1) is 16.7. The summed E-state index contributed by atoms with van der Waals surface area (Å²) < 4.78 is 23.4. The zero-order valence-corrected chi connectivity index (χ0v) is 10.8. The second-order valence-electron chi connectivity index (χ2n) is 3.89. The molecule has 4 atom stereocenters. The van der Waals surface area contributed by atoms with Crippen molar-refractivity contribution in [3.63, 3.8) is 0 Å². The van der Waals surface area contributed by atoms with Crippen molar-refractivity contribution in [2.24, 2.45) is 0 Å². The van der Waals surface area contributed by atoms with Gasteiger partial charge in [-0.2, -0.15) is 0 Å². The van der Waals surface area contributed by atoms with Gasteiger partial charge < -0.3 is 30.5 Å². The largest absolute Gasteiger partial charge is 0.394 e. The number of aliphatic hydroxyl groups excluding tert-OH is 5. The number of rotatable bonds is 6. The lowest BCUT2D eigenvalue weighted by Crippen LogP contribution is -2.50. The Morgan fingerprint density at radius 1 is 1.25 bits per heavy atom. The number of aromatic amines is 1. The first-order valence-electron chi connectivity index (χ1n) is 5.35. The highest BCUT2D eigenvalue weighted by atomic mass is 32.2. The van der Waals surface area contributed by atoms with Crippen LogP contribution in [0.25, 0.3) is 0 Å². The lowest BCUT2D eigenvalue weighted by Gasteiger charge is -2.24. The molecule has 1 heterocycles. The first-order valence-corrected chi connectivity index (χ1v) is 6.83. The molecule has 0 aliphatic rings. The number of sulfone groups is 1. The smallest absolute Gasteiger partial charge is 0.285 e. The van der Waals surface area contributed by atoms with E-state index in [1.807, 2.05) is 0 Å². The van der Waals surface area contributed by atoms with Crippen molar-refractivity contribution < 1.29 is 38.7 Å². The van der Waals surface area contributed by atoms with Crippen LogP contribution in [0.15, 0.2) is 17.6 Å². The van der Waals surface area contributed by atoms with Crippen molar-refractivity contribution in [1.82, 2.24) is 9.97 Å². The third-order valence-corrected chi connectivity index (χ3v) is 3.99. The summed E-state index contributed by atoms with van der Waals surface area (Å²) in [5.74, 6) is 0. The molecule has 0 aliphatic carbocycles. The molecule has 0 fully saturated rings. The van der Waals surface area contributed by atoms with Gasteiger partial charge in [0, 0.05) is 12.4 Å². The van der Waals surface area contributed by atoms with Crippen molar-refractivity contribution in [2.45, 2.75) is 29.6 Å². The van der Waals surface area contributed by atoms with Gasteiger partial charge in [0.25, 0.3) is 15.0 Å². The Labute approximate surface area is 113 Å². The summed E-state index contributed by atoms with van der Waals surface area (Å²) in [5.41, 5.74) is 0. The lowest BCUT2D eigenvalue weighted by atomic mass is 10.0. The van der Waals surface area contributed by atoms with Crippen LogP contribution in [0.2, 0.25) is 0 Å². The van der Waals surface area contributed by atoms with E-state index >= 15 is 0 Å². The number of aliphatic hydroxyl groups is 5. The Balaban J connectivity index is 2.92. The van der Waals surface area contributed by atoms with Crippen LogP contribution < -0.4 is 0 Å². The van der Waals surface area contributed by atoms with Gasteiger partial charge in [-0.3, -0.25) is 4.79 Å². The second kappa shape index (κ2) is 6.39. The molecule has 6 N–H and O–H groups in total. The van der Waals surface area contributed by atoms with Crippen LogP contribution in [-0.4, -0.2) is 80.1 Å². The highest BCUT2D eigenvalue weighted by Crippen LogP contribution is 2.13. The minimum absolute atomic E-state index is 0.731. The van der Waals surface area contributed by atoms with E-state index in [-0.39, 0.29) is 0 Å². The number of H-pyrrole nitrogens is 1. The van der Waals surface area contributed by atoms with E-state index in [2.05, 4.69) is 9.97 Å². The number of nitrogens with one attached hydrogen (secondary N) is 1. The van der Waals surface area contributed by atoms with E-state index in [0.29, 0.717) is 0 Å². The van der Waals surface area contributed by atoms with Crippen molar-refractivity contribution >= 4 is 15.0 Å². The van der Waals surface area contributed by atoms with Gasteiger partial charge >= 0.3 is 0 Å². The molecule has 0 aromatic carbocycles. The summed E-state index contributed by atoms with van der Waals surface area (Å²) in [6.07, 6.45) is -6.57. The summed E-state index contributed by atoms with van der Waals surface area (Å²) in [6, 6.07) is 0. The zero-order chi connectivity index (χ0) is 15.5. The summed E-state index contributed by atoms with van der Waals surface area (Å²) in [5, 5.41) is 43.3. The number of carbonyl (C=O) groups excluding carboxylic acids is 1. The van der Waals surface area contributed by atoms with Gasteiger partial charge in [0.1, 0.15) is 18.3 Å². The molecule has 0 saturated carbocycles. The average molecular weight is 310 g/mol. The lowest BCUT2D eigenvalue weighted by molar-refractivity contribution is -0.140. The summed E-state index contributed by atoms with van der Waals surface area (Å²) in [4.78, 5) is 17.1. The van der Waals surface area contributed by atoms with Crippen LogP contribution in [0.1, 0.15) is 0 Å². The maximum absolute atomic E-state index is 11.7. The Bertz CT molecular complexity index is 542. The number of carbonyl (C=O) groups is 1. The van der Waals surface area contributed by atoms with Crippen LogP contribution in [-0.2, 0) is 14.6 Å². The maximum atomic E-state index is 11.7. The Morgan fingerprint density at radius 3 is 2.30 bits per heavy atom. The topological polar surface area (TPSA) is 181 Å². The van der Waals surface area contributed by atoms with Crippen molar-refractivity contribution in [1.29, 1.82) is 0 Å². The molecule has 0 aliphatic heterocycles. The van der Waals surface area contributed by atoms with Crippen LogP contribution in [0.3, 0.4) is 0 Å². The molecule has 11 heteroatoms. The van der Waals surface area contributed by atoms with Crippen LogP contribution in [0, 0.1) is 0 Å². The molecule has 10 nitrogen and oxygen atoms in total. The number of aromatic nitrogens is 2. The Morgan fingerprint density at radius 2 is 1.85 bits per heavy atom. The zero-order valence-electron chi connectivity index (χ0n) is 9.99. The van der Waals surface area contributed by atoms with Gasteiger partial charge in [-0.25, -0.2) is 13.4 Å². The van der Waals surface area contributed by atoms with Gasteiger partial charge in [0.05, 0.1) is 6.61 Å². The number of imidazole rings is 1. The maximum Gasteiger partial charge on any atom is 0.285 e. The monoisotopic (exact) mass is 310 g/mol. The number of nitrogens with zero attached hydrogens (tertiary/aromatic N) is 1. The highest BCUT2D eigenvalue weighted by Gasteiger charge is 2.41. The van der Waals surface area contributed by atoms with E-state index in [0.717, 1.165) is 12.4 Å². The van der Waals surface area contributed by atoms with E-state index in [4.69, 9.17) is 10.2 Å². The van der Waals surface area contributed by atoms with Crippen LogP contribution >= 0.6 is 0 Å². The first-order chi connectivity index (χ1) is 9.23. The molecule has 20 heavy (non-hydrogen) atoms.